The third-order valence-electron chi connectivity index (χ3n) is 7.60. The molecule has 0 aliphatic carbocycles. The van der Waals surface area contributed by atoms with E-state index in [1.165, 1.54) is 33.4 Å². The molecule has 0 atom stereocenters. The summed E-state index contributed by atoms with van der Waals surface area (Å²) in [6.45, 7) is 38.2. The van der Waals surface area contributed by atoms with E-state index in [0.717, 1.165) is 0 Å². The van der Waals surface area contributed by atoms with Crippen molar-refractivity contribution in [1.82, 2.24) is 0 Å². The van der Waals surface area contributed by atoms with Crippen molar-refractivity contribution in [3.05, 3.63) is 56.1 Å². The van der Waals surface area contributed by atoms with Crippen LogP contribution in [-0.4, -0.2) is 0 Å². The molecule has 0 saturated heterocycles. The predicted octanol–water partition coefficient (Wildman–Crippen LogP) is 10.6. The topological polar surface area (TPSA) is 0 Å². The summed E-state index contributed by atoms with van der Waals surface area (Å²) in [6, 6.07) is 2.48. The zero-order valence-corrected chi connectivity index (χ0v) is 24.8. The molecule has 0 heterocycles. The Morgan fingerprint density at radius 3 is 1.18 bits per heavy atom. The fourth-order valence-electron chi connectivity index (χ4n) is 5.92. The van der Waals surface area contributed by atoms with E-state index in [2.05, 4.69) is 117 Å². The molecule has 0 aromatic heterocycles. The molecule has 2 rings (SSSR count). The number of benzene rings is 2. The first-order valence-electron chi connectivity index (χ1n) is 13.2. The van der Waals surface area contributed by atoms with Gasteiger partial charge in [-0.2, -0.15) is 0 Å². The second-order valence-electron chi connectivity index (χ2n) is 13.4. The highest BCUT2D eigenvalue weighted by Gasteiger charge is 2.36. The Morgan fingerprint density at radius 1 is 0.515 bits per heavy atom. The maximum absolute atomic E-state index is 2.48. The third kappa shape index (κ3) is 4.96. The van der Waals surface area contributed by atoms with Crippen LogP contribution in [0.3, 0.4) is 0 Å². The van der Waals surface area contributed by atoms with Crippen LogP contribution >= 0.6 is 0 Å². The van der Waals surface area contributed by atoms with Gasteiger partial charge in [0.2, 0.25) is 0 Å². The molecule has 0 unspecified atom stereocenters. The molecule has 0 aliphatic rings. The molecule has 0 radical (unpaired) electrons. The molecule has 0 heteroatoms. The summed E-state index contributed by atoms with van der Waals surface area (Å²) in [4.78, 5) is 0. The number of hydrogen-bond acceptors (Lipinski definition) is 0. The largest absolute Gasteiger partial charge is 0.0587 e. The number of rotatable bonds is 4. The monoisotopic (exact) mass is 448 g/mol. The van der Waals surface area contributed by atoms with E-state index < -0.39 is 0 Å². The summed E-state index contributed by atoms with van der Waals surface area (Å²) in [7, 11) is 0. The fraction of sp³-hybridized carbons (Fsp3) is 0.636. The number of aryl methyl sites for hydroxylation is 1. The molecule has 2 aromatic rings. The molecule has 0 spiro atoms. The second kappa shape index (κ2) is 9.24. The average molecular weight is 449 g/mol. The van der Waals surface area contributed by atoms with E-state index in [1.807, 2.05) is 0 Å². The summed E-state index contributed by atoms with van der Waals surface area (Å²) in [5.41, 5.74) is 16.8. The van der Waals surface area contributed by atoms with Gasteiger partial charge in [0, 0.05) is 0 Å². The van der Waals surface area contributed by atoms with Gasteiger partial charge in [-0.25, -0.2) is 0 Å². The summed E-state index contributed by atoms with van der Waals surface area (Å²) < 4.78 is 0. The van der Waals surface area contributed by atoms with Crippen molar-refractivity contribution in [2.45, 2.75) is 139 Å². The minimum Gasteiger partial charge on any atom is -0.0587 e. The molecule has 33 heavy (non-hydrogen) atoms. The highest BCUT2D eigenvalue weighted by Crippen LogP contribution is 2.52. The highest BCUT2D eigenvalue weighted by molar-refractivity contribution is 5.82. The van der Waals surface area contributed by atoms with Gasteiger partial charge in [-0.3, -0.25) is 0 Å². The van der Waals surface area contributed by atoms with Crippen molar-refractivity contribution in [1.29, 1.82) is 0 Å². The predicted molar refractivity (Wildman–Crippen MR) is 150 cm³/mol. The van der Waals surface area contributed by atoms with Crippen LogP contribution in [0.15, 0.2) is 6.07 Å². The zero-order chi connectivity index (χ0) is 25.8. The van der Waals surface area contributed by atoms with Crippen molar-refractivity contribution >= 4 is 0 Å². The maximum Gasteiger partial charge on any atom is -0.0106 e. The first kappa shape index (κ1) is 27.7. The smallest absolute Gasteiger partial charge is 0.0106 e. The van der Waals surface area contributed by atoms with E-state index in [9.17, 15) is 0 Å². The maximum atomic E-state index is 2.48. The standard InChI is InChI=1S/C33H52/c1-18(2)26-29(25-17-21(7)22(8)23(9)24(25)10)27(19(3)4)31(33(14,15)16)28(20(5)6)30(26)32(11,12)13/h17-20H,1-16H3. The van der Waals surface area contributed by atoms with Gasteiger partial charge in [-0.15, -0.1) is 0 Å². The van der Waals surface area contributed by atoms with Crippen molar-refractivity contribution < 1.29 is 0 Å². The lowest BCUT2D eigenvalue weighted by Gasteiger charge is -2.40. The quantitative estimate of drug-likeness (QED) is 0.436. The van der Waals surface area contributed by atoms with Crippen LogP contribution < -0.4 is 0 Å². The molecule has 0 nitrogen and oxygen atoms in total. The Hall–Kier alpha value is -1.56. The summed E-state index contributed by atoms with van der Waals surface area (Å²) >= 11 is 0. The van der Waals surface area contributed by atoms with Crippen LogP contribution in [0.4, 0.5) is 0 Å². The van der Waals surface area contributed by atoms with Gasteiger partial charge in [0.1, 0.15) is 0 Å². The van der Waals surface area contributed by atoms with E-state index in [1.54, 1.807) is 27.8 Å². The lowest BCUT2D eigenvalue weighted by Crippen LogP contribution is -2.28. The van der Waals surface area contributed by atoms with Crippen molar-refractivity contribution in [3.8, 4) is 11.1 Å². The van der Waals surface area contributed by atoms with E-state index in [4.69, 9.17) is 0 Å². The first-order chi connectivity index (χ1) is 14.8. The summed E-state index contributed by atoms with van der Waals surface area (Å²) in [5.74, 6) is 1.40. The molecule has 2 aromatic carbocycles. The molecule has 0 amide bonds. The van der Waals surface area contributed by atoms with Crippen molar-refractivity contribution in [3.63, 3.8) is 0 Å². The van der Waals surface area contributed by atoms with E-state index in [0.29, 0.717) is 17.8 Å². The van der Waals surface area contributed by atoms with Gasteiger partial charge in [-0.1, -0.05) is 89.2 Å². The van der Waals surface area contributed by atoms with E-state index >= 15 is 0 Å². The van der Waals surface area contributed by atoms with Crippen molar-refractivity contribution in [2.24, 2.45) is 0 Å². The Kier molecular flexibility index (Phi) is 7.75. The van der Waals surface area contributed by atoms with Crippen LogP contribution in [0.5, 0.6) is 0 Å². The Morgan fingerprint density at radius 2 is 0.879 bits per heavy atom. The highest BCUT2D eigenvalue weighted by atomic mass is 14.4. The van der Waals surface area contributed by atoms with Gasteiger partial charge in [0.05, 0.1) is 0 Å². The molecule has 0 fully saturated rings. The summed E-state index contributed by atoms with van der Waals surface area (Å²) in [6.07, 6.45) is 0. The molecule has 0 aliphatic heterocycles. The molecular formula is C33H52. The second-order valence-corrected chi connectivity index (χ2v) is 13.4. The summed E-state index contributed by atoms with van der Waals surface area (Å²) in [5, 5.41) is 0. The van der Waals surface area contributed by atoms with Gasteiger partial charge < -0.3 is 0 Å². The number of hydrogen-bond donors (Lipinski definition) is 0. The van der Waals surface area contributed by atoms with Crippen LogP contribution in [0.25, 0.3) is 11.1 Å². The normalized spacial score (nSPS) is 13.1. The lowest BCUT2D eigenvalue weighted by atomic mass is 9.64. The Labute approximate surface area is 206 Å². The van der Waals surface area contributed by atoms with Gasteiger partial charge in [-0.05, 0) is 117 Å². The third-order valence-corrected chi connectivity index (χ3v) is 7.60. The minimum atomic E-state index is 0.0756. The Bertz CT molecular complexity index is 981. The lowest BCUT2D eigenvalue weighted by molar-refractivity contribution is 0.531. The SMILES string of the molecule is Cc1cc(-c2c(C(C)C)c(C(C)(C)C)c(C(C)C)c(C(C)(C)C)c2C(C)C)c(C)c(C)c1C. The van der Waals surface area contributed by atoms with Gasteiger partial charge in [0.15, 0.2) is 0 Å². The Balaban J connectivity index is 3.45. The van der Waals surface area contributed by atoms with Crippen molar-refractivity contribution in [2.75, 3.05) is 0 Å². The first-order valence-corrected chi connectivity index (χ1v) is 13.2. The molecule has 0 saturated carbocycles. The van der Waals surface area contributed by atoms with Crippen LogP contribution in [0.2, 0.25) is 0 Å². The van der Waals surface area contributed by atoms with Gasteiger partial charge in [0.25, 0.3) is 0 Å². The van der Waals surface area contributed by atoms with Crippen LogP contribution in [-0.2, 0) is 10.8 Å². The fourth-order valence-corrected chi connectivity index (χ4v) is 5.92. The molecule has 184 valence electrons. The average Bonchev–Trinajstić information content (AvgIpc) is 2.64. The molecule has 0 bridgehead atoms. The molecular weight excluding hydrogens is 396 g/mol. The van der Waals surface area contributed by atoms with Crippen LogP contribution in [0.1, 0.15) is 151 Å². The van der Waals surface area contributed by atoms with E-state index in [-0.39, 0.29) is 10.8 Å². The van der Waals surface area contributed by atoms with Crippen LogP contribution in [0, 0.1) is 27.7 Å². The van der Waals surface area contributed by atoms with Gasteiger partial charge >= 0.3 is 0 Å². The minimum absolute atomic E-state index is 0.0756. The zero-order valence-electron chi connectivity index (χ0n) is 24.8. The molecule has 0 N–H and O–H groups in total.